The molecule has 1 aliphatic carbocycles. The Morgan fingerprint density at radius 1 is 1.14 bits per heavy atom. The van der Waals surface area contributed by atoms with Gasteiger partial charge >= 0.3 is 18.0 Å². The van der Waals surface area contributed by atoms with Crippen LogP contribution in [-0.2, 0) is 4.79 Å². The minimum absolute atomic E-state index is 0.0524. The van der Waals surface area contributed by atoms with Crippen molar-refractivity contribution in [3.63, 3.8) is 0 Å². The normalized spacial score (nSPS) is 13.8. The number of benzene rings is 1. The van der Waals surface area contributed by atoms with E-state index in [2.05, 4.69) is 5.32 Å². The molecule has 8 nitrogen and oxygen atoms in total. The molecule has 1 aromatic carbocycles. The van der Waals surface area contributed by atoms with Crippen molar-refractivity contribution in [2.45, 2.75) is 39.0 Å². The van der Waals surface area contributed by atoms with Crippen molar-refractivity contribution in [3.8, 4) is 16.2 Å². The van der Waals surface area contributed by atoms with Crippen LogP contribution in [-0.4, -0.2) is 41.3 Å². The van der Waals surface area contributed by atoms with Gasteiger partial charge in [-0.1, -0.05) is 31.4 Å². The van der Waals surface area contributed by atoms with Gasteiger partial charge in [0.25, 0.3) is 0 Å². The Kier molecular flexibility index (Phi) is 8.27. The van der Waals surface area contributed by atoms with Gasteiger partial charge < -0.3 is 20.3 Å². The lowest BCUT2D eigenvalue weighted by molar-refractivity contribution is -0.139. The van der Waals surface area contributed by atoms with E-state index in [0.717, 1.165) is 48.3 Å². The Morgan fingerprint density at radius 3 is 2.58 bits per heavy atom. The Hall–Kier alpha value is -3.37. The molecule has 10 heteroatoms. The molecule has 3 aromatic rings. The van der Waals surface area contributed by atoms with Gasteiger partial charge in [0, 0.05) is 28.1 Å². The van der Waals surface area contributed by atoms with Crippen molar-refractivity contribution in [3.05, 3.63) is 51.5 Å². The van der Waals surface area contributed by atoms with Crippen LogP contribution in [0.5, 0.6) is 5.75 Å². The largest absolute Gasteiger partial charge is 0.480 e. The standard InChI is InChI=1S/C26H28N2O6S2/c1-16-22(34-14-21(29)30)24(25(31)32)36-23(16)18-8-5-9-20(12-18)28(13-17-6-3-2-4-7-17)26(33)27-19-10-11-35-15-19/h5,8-12,15,17H,2-4,6-7,13-14H2,1H3,(H,27,33)(H,29,30)(H,31,32). The highest BCUT2D eigenvalue weighted by molar-refractivity contribution is 7.18. The average molecular weight is 529 g/mol. The number of urea groups is 1. The third-order valence-electron chi connectivity index (χ3n) is 6.23. The van der Waals surface area contributed by atoms with Gasteiger partial charge in [0.2, 0.25) is 0 Å². The topological polar surface area (TPSA) is 116 Å². The molecule has 0 spiro atoms. The van der Waals surface area contributed by atoms with Gasteiger partial charge in [0.1, 0.15) is 5.75 Å². The third kappa shape index (κ3) is 6.06. The second kappa shape index (κ2) is 11.6. The molecular formula is C26H28N2O6S2. The predicted molar refractivity (Wildman–Crippen MR) is 142 cm³/mol. The number of hydrogen-bond donors (Lipinski definition) is 3. The maximum atomic E-state index is 13.4. The number of anilines is 2. The van der Waals surface area contributed by atoms with E-state index in [1.807, 2.05) is 41.1 Å². The minimum atomic E-state index is -1.18. The molecule has 1 fully saturated rings. The highest BCUT2D eigenvalue weighted by atomic mass is 32.1. The minimum Gasteiger partial charge on any atom is -0.480 e. The van der Waals surface area contributed by atoms with E-state index in [0.29, 0.717) is 28.6 Å². The Labute approximate surface area is 217 Å². The summed E-state index contributed by atoms with van der Waals surface area (Å²) in [6, 6.07) is 9.09. The molecule has 2 heterocycles. The summed E-state index contributed by atoms with van der Waals surface area (Å²) in [5.41, 5.74) is 2.75. The lowest BCUT2D eigenvalue weighted by atomic mass is 9.89. The monoisotopic (exact) mass is 528 g/mol. The predicted octanol–water partition coefficient (Wildman–Crippen LogP) is 6.57. The number of carboxylic acids is 2. The average Bonchev–Trinajstić information content (AvgIpc) is 3.49. The number of carbonyl (C=O) groups excluding carboxylic acids is 1. The van der Waals surface area contributed by atoms with Crippen LogP contribution in [0.4, 0.5) is 16.2 Å². The number of nitrogens with one attached hydrogen (secondary N) is 1. The fourth-order valence-corrected chi connectivity index (χ4v) is 6.17. The summed E-state index contributed by atoms with van der Waals surface area (Å²) in [6.45, 7) is 1.68. The zero-order valence-corrected chi connectivity index (χ0v) is 21.5. The molecule has 4 rings (SSSR count). The molecule has 0 saturated heterocycles. The lowest BCUT2D eigenvalue weighted by Crippen LogP contribution is -2.39. The third-order valence-corrected chi connectivity index (χ3v) is 8.22. The number of hydrogen-bond acceptors (Lipinski definition) is 6. The summed E-state index contributed by atoms with van der Waals surface area (Å²) in [7, 11) is 0. The fraction of sp³-hybridized carbons (Fsp3) is 0.346. The maximum Gasteiger partial charge on any atom is 0.349 e. The van der Waals surface area contributed by atoms with Crippen LogP contribution in [0.25, 0.3) is 10.4 Å². The number of nitrogens with zero attached hydrogens (tertiary/aromatic N) is 1. The summed E-state index contributed by atoms with van der Waals surface area (Å²) in [6.07, 6.45) is 5.71. The first-order valence-electron chi connectivity index (χ1n) is 11.8. The van der Waals surface area contributed by atoms with Gasteiger partial charge in [-0.15, -0.1) is 11.3 Å². The van der Waals surface area contributed by atoms with Crippen LogP contribution in [0.2, 0.25) is 0 Å². The van der Waals surface area contributed by atoms with Gasteiger partial charge in [0.05, 0.1) is 5.69 Å². The molecular weight excluding hydrogens is 500 g/mol. The Balaban J connectivity index is 1.68. The summed E-state index contributed by atoms with van der Waals surface area (Å²) < 4.78 is 5.32. The van der Waals surface area contributed by atoms with Crippen LogP contribution < -0.4 is 15.0 Å². The number of ether oxygens (including phenoxy) is 1. The summed E-state index contributed by atoms with van der Waals surface area (Å²) in [4.78, 5) is 38.5. The number of thiophene rings is 2. The molecule has 0 radical (unpaired) electrons. The van der Waals surface area contributed by atoms with E-state index in [4.69, 9.17) is 9.84 Å². The van der Waals surface area contributed by atoms with E-state index in [-0.39, 0.29) is 16.7 Å². The van der Waals surface area contributed by atoms with Crippen molar-refractivity contribution in [1.29, 1.82) is 0 Å². The van der Waals surface area contributed by atoms with Gasteiger partial charge in [-0.2, -0.15) is 11.3 Å². The summed E-state index contributed by atoms with van der Waals surface area (Å²) in [5, 5.41) is 25.4. The van der Waals surface area contributed by atoms with Crippen LogP contribution in [0.3, 0.4) is 0 Å². The van der Waals surface area contributed by atoms with Gasteiger partial charge in [-0.05, 0) is 54.8 Å². The molecule has 1 aliphatic rings. The van der Waals surface area contributed by atoms with Crippen molar-refractivity contribution >= 4 is 52.0 Å². The first-order valence-corrected chi connectivity index (χ1v) is 13.5. The number of rotatable bonds is 9. The Morgan fingerprint density at radius 2 is 1.92 bits per heavy atom. The zero-order chi connectivity index (χ0) is 25.7. The van der Waals surface area contributed by atoms with Crippen molar-refractivity contribution in [2.75, 3.05) is 23.4 Å². The van der Waals surface area contributed by atoms with E-state index in [1.54, 1.807) is 11.8 Å². The summed E-state index contributed by atoms with van der Waals surface area (Å²) in [5.74, 6) is -1.89. The van der Waals surface area contributed by atoms with Crippen LogP contribution in [0.1, 0.15) is 47.3 Å². The van der Waals surface area contributed by atoms with Gasteiger partial charge in [0.15, 0.2) is 11.5 Å². The van der Waals surface area contributed by atoms with E-state index in [9.17, 15) is 19.5 Å². The number of carbonyl (C=O) groups is 3. The van der Waals surface area contributed by atoms with Gasteiger partial charge in [-0.25, -0.2) is 14.4 Å². The molecule has 1 saturated carbocycles. The molecule has 0 bridgehead atoms. The number of aromatic carboxylic acids is 1. The van der Waals surface area contributed by atoms with Crippen molar-refractivity contribution < 1.29 is 29.3 Å². The quantitative estimate of drug-likeness (QED) is 0.289. The smallest absolute Gasteiger partial charge is 0.349 e. The SMILES string of the molecule is Cc1c(-c2cccc(N(CC3CCCCC3)C(=O)Nc3ccsc3)c2)sc(C(=O)O)c1OCC(=O)O. The molecule has 2 amide bonds. The Bertz CT molecular complexity index is 1230. The number of amides is 2. The summed E-state index contributed by atoms with van der Waals surface area (Å²) >= 11 is 2.54. The zero-order valence-electron chi connectivity index (χ0n) is 19.9. The second-order valence-corrected chi connectivity index (χ2v) is 10.6. The van der Waals surface area contributed by atoms with E-state index >= 15 is 0 Å². The van der Waals surface area contributed by atoms with Crippen LogP contribution >= 0.6 is 22.7 Å². The number of aliphatic carboxylic acids is 1. The molecule has 0 atom stereocenters. The highest BCUT2D eigenvalue weighted by Gasteiger charge is 2.26. The van der Waals surface area contributed by atoms with E-state index < -0.39 is 18.5 Å². The molecule has 2 aromatic heterocycles. The lowest BCUT2D eigenvalue weighted by Gasteiger charge is -2.30. The van der Waals surface area contributed by atoms with Crippen molar-refractivity contribution in [1.82, 2.24) is 0 Å². The molecule has 3 N–H and O–H groups in total. The fourth-order valence-electron chi connectivity index (χ4n) is 4.50. The first-order chi connectivity index (χ1) is 17.3. The van der Waals surface area contributed by atoms with Crippen LogP contribution in [0, 0.1) is 12.8 Å². The van der Waals surface area contributed by atoms with E-state index in [1.165, 1.54) is 17.8 Å². The second-order valence-electron chi connectivity index (χ2n) is 8.81. The molecule has 0 unspecified atom stereocenters. The molecule has 0 aliphatic heterocycles. The van der Waals surface area contributed by atoms with Crippen molar-refractivity contribution in [2.24, 2.45) is 5.92 Å². The molecule has 36 heavy (non-hydrogen) atoms. The maximum absolute atomic E-state index is 13.4. The number of carboxylic acid groups (broad SMARTS) is 2. The van der Waals surface area contributed by atoms with Gasteiger partial charge in [-0.3, -0.25) is 4.90 Å². The first kappa shape index (κ1) is 25.7. The van der Waals surface area contributed by atoms with Crippen LogP contribution in [0.15, 0.2) is 41.1 Å². The highest BCUT2D eigenvalue weighted by Crippen LogP contribution is 2.42. The molecule has 190 valence electrons.